The van der Waals surface area contributed by atoms with Gasteiger partial charge in [-0.25, -0.2) is 4.98 Å². The minimum Gasteiger partial charge on any atom is -0.360 e. The molecule has 0 aliphatic rings. The van der Waals surface area contributed by atoms with Gasteiger partial charge in [0, 0.05) is 40.6 Å². The summed E-state index contributed by atoms with van der Waals surface area (Å²) in [6.45, 7) is 5.88. The van der Waals surface area contributed by atoms with Gasteiger partial charge in [-0.2, -0.15) is 0 Å². The number of thioether (sulfide) groups is 1. The number of aromatic nitrogens is 3. The summed E-state index contributed by atoms with van der Waals surface area (Å²) in [6, 6.07) is 5.63. The van der Waals surface area contributed by atoms with Gasteiger partial charge in [0.05, 0.1) is 5.39 Å². The number of rotatable bonds is 8. The van der Waals surface area contributed by atoms with E-state index in [-0.39, 0.29) is 17.9 Å². The highest BCUT2D eigenvalue weighted by molar-refractivity contribution is 7.99. The second-order valence-electron chi connectivity index (χ2n) is 6.38. The van der Waals surface area contributed by atoms with Crippen LogP contribution >= 0.6 is 34.4 Å². The van der Waals surface area contributed by atoms with Gasteiger partial charge in [-0.3, -0.25) is 14.2 Å². The lowest BCUT2D eigenvalue weighted by molar-refractivity contribution is -0.115. The zero-order chi connectivity index (χ0) is 21.1. The minimum atomic E-state index is -0.175. The Bertz CT molecular complexity index is 1250. The van der Waals surface area contributed by atoms with E-state index in [1.54, 1.807) is 35.0 Å². The number of anilines is 1. The molecule has 4 aromatic heterocycles. The molecule has 0 atom stereocenters. The Hall–Kier alpha value is -2.69. The molecule has 0 radical (unpaired) electrons. The van der Waals surface area contributed by atoms with E-state index in [4.69, 9.17) is 9.51 Å². The number of thiophene rings is 2. The molecule has 10 heteroatoms. The van der Waals surface area contributed by atoms with Crippen molar-refractivity contribution in [2.24, 2.45) is 0 Å². The van der Waals surface area contributed by atoms with Crippen LogP contribution in [0.15, 0.2) is 56.1 Å². The number of nitrogens with zero attached hydrogens (tertiary/aromatic N) is 3. The van der Waals surface area contributed by atoms with E-state index >= 15 is 0 Å². The largest absolute Gasteiger partial charge is 0.360 e. The maximum Gasteiger partial charge on any atom is 0.263 e. The van der Waals surface area contributed by atoms with Crippen molar-refractivity contribution in [1.29, 1.82) is 0 Å². The van der Waals surface area contributed by atoms with E-state index in [0.29, 0.717) is 39.2 Å². The number of carbonyl (C=O) groups is 1. The van der Waals surface area contributed by atoms with Gasteiger partial charge in [-0.05, 0) is 18.4 Å². The molecule has 4 heterocycles. The maximum absolute atomic E-state index is 13.2. The van der Waals surface area contributed by atoms with E-state index in [9.17, 15) is 9.59 Å². The van der Waals surface area contributed by atoms with Gasteiger partial charge in [0.1, 0.15) is 10.6 Å². The molecule has 4 aromatic rings. The second-order valence-corrected chi connectivity index (χ2v) is 9.24. The molecule has 1 N–H and O–H groups in total. The number of carbonyl (C=O) groups excluding carboxylic acids is 1. The summed E-state index contributed by atoms with van der Waals surface area (Å²) in [5, 5.41) is 11.6. The summed E-state index contributed by atoms with van der Waals surface area (Å²) in [5.74, 6) is 1.32. The fourth-order valence-electron chi connectivity index (χ4n) is 2.88. The third-order valence-corrected chi connectivity index (χ3v) is 6.97. The average Bonchev–Trinajstić information content (AvgIpc) is 3.45. The molecule has 30 heavy (non-hydrogen) atoms. The quantitative estimate of drug-likeness (QED) is 0.232. The Morgan fingerprint density at radius 3 is 3.00 bits per heavy atom. The van der Waals surface area contributed by atoms with Crippen molar-refractivity contribution >= 4 is 56.4 Å². The Morgan fingerprint density at radius 2 is 2.30 bits per heavy atom. The Morgan fingerprint density at radius 1 is 1.43 bits per heavy atom. The number of nitrogens with one attached hydrogen (secondary N) is 1. The second kappa shape index (κ2) is 8.99. The molecule has 0 bridgehead atoms. The number of hydrogen-bond acceptors (Lipinski definition) is 8. The Labute approximate surface area is 184 Å². The molecule has 0 aliphatic carbocycles. The van der Waals surface area contributed by atoms with E-state index in [2.05, 4.69) is 17.1 Å². The standard InChI is InChI=1S/C20H18N4O3S3/c1-3-7-24-19(26)17-13(14-5-4-8-28-14)11-30-18(17)22-20(24)29-9-6-16(25)21-15-10-12(2)27-23-15/h3-5,8,10-11H,1,6-7,9H2,2H3,(H,21,23,25). The zero-order valence-corrected chi connectivity index (χ0v) is 18.5. The molecular weight excluding hydrogens is 440 g/mol. The van der Waals surface area contributed by atoms with E-state index < -0.39 is 0 Å². The molecule has 0 unspecified atom stereocenters. The molecule has 154 valence electrons. The summed E-state index contributed by atoms with van der Waals surface area (Å²) in [4.78, 5) is 31.8. The van der Waals surface area contributed by atoms with Crippen LogP contribution < -0.4 is 10.9 Å². The van der Waals surface area contributed by atoms with Gasteiger partial charge in [0.25, 0.3) is 5.56 Å². The lowest BCUT2D eigenvalue weighted by Gasteiger charge is -2.10. The van der Waals surface area contributed by atoms with E-state index in [1.807, 2.05) is 22.9 Å². The monoisotopic (exact) mass is 458 g/mol. The van der Waals surface area contributed by atoms with Gasteiger partial charge >= 0.3 is 0 Å². The predicted octanol–water partition coefficient (Wildman–Crippen LogP) is 4.79. The first-order valence-electron chi connectivity index (χ1n) is 9.09. The molecule has 0 fully saturated rings. The smallest absolute Gasteiger partial charge is 0.263 e. The first-order valence-corrected chi connectivity index (χ1v) is 11.8. The van der Waals surface area contributed by atoms with E-state index in [1.165, 1.54) is 23.1 Å². The fraction of sp³-hybridized carbons (Fsp3) is 0.200. The normalized spacial score (nSPS) is 11.1. The van der Waals surface area contributed by atoms with Crippen LogP contribution in [0.4, 0.5) is 5.82 Å². The van der Waals surface area contributed by atoms with Crippen molar-refractivity contribution in [2.45, 2.75) is 25.0 Å². The first kappa shape index (κ1) is 20.6. The highest BCUT2D eigenvalue weighted by Crippen LogP contribution is 2.34. The van der Waals surface area contributed by atoms with Crippen LogP contribution in [0.25, 0.3) is 20.7 Å². The molecule has 0 aromatic carbocycles. The minimum absolute atomic E-state index is 0.0884. The molecule has 0 spiro atoms. The van der Waals surface area contributed by atoms with Gasteiger partial charge in [0.2, 0.25) is 5.91 Å². The van der Waals surface area contributed by atoms with Crippen molar-refractivity contribution in [3.63, 3.8) is 0 Å². The fourth-order valence-corrected chi connectivity index (χ4v) is 5.63. The molecular formula is C20H18N4O3S3. The average molecular weight is 459 g/mol. The molecule has 0 aliphatic heterocycles. The number of allylic oxidation sites excluding steroid dienone is 1. The van der Waals surface area contributed by atoms with Crippen molar-refractivity contribution in [1.82, 2.24) is 14.7 Å². The van der Waals surface area contributed by atoms with Gasteiger partial charge in [0.15, 0.2) is 11.0 Å². The Kier molecular flexibility index (Phi) is 6.16. The van der Waals surface area contributed by atoms with Crippen molar-refractivity contribution < 1.29 is 9.32 Å². The van der Waals surface area contributed by atoms with Crippen LogP contribution in [0.2, 0.25) is 0 Å². The van der Waals surface area contributed by atoms with Crippen molar-refractivity contribution in [2.75, 3.05) is 11.1 Å². The third kappa shape index (κ3) is 4.25. The van der Waals surface area contributed by atoms with Crippen LogP contribution in [0.1, 0.15) is 12.2 Å². The summed E-state index contributed by atoms with van der Waals surface area (Å²) in [5.41, 5.74) is 0.828. The van der Waals surface area contributed by atoms with Crippen LogP contribution in [0, 0.1) is 6.92 Å². The number of amides is 1. The predicted molar refractivity (Wildman–Crippen MR) is 123 cm³/mol. The van der Waals surface area contributed by atoms with Crippen LogP contribution in [0.3, 0.4) is 0 Å². The van der Waals surface area contributed by atoms with Crippen molar-refractivity contribution in [3.05, 3.63) is 57.7 Å². The lowest BCUT2D eigenvalue weighted by atomic mass is 10.2. The van der Waals surface area contributed by atoms with Crippen LogP contribution in [0.5, 0.6) is 0 Å². The molecule has 1 amide bonds. The number of hydrogen-bond donors (Lipinski definition) is 1. The maximum atomic E-state index is 13.2. The summed E-state index contributed by atoms with van der Waals surface area (Å²) < 4.78 is 6.55. The summed E-state index contributed by atoms with van der Waals surface area (Å²) >= 11 is 4.43. The SMILES string of the molecule is C=CCn1c(SCCC(=O)Nc2cc(C)on2)nc2scc(-c3cccs3)c2c1=O. The summed E-state index contributed by atoms with van der Waals surface area (Å²) in [7, 11) is 0. The third-order valence-electron chi connectivity index (χ3n) is 4.21. The number of aryl methyl sites for hydroxylation is 1. The molecule has 7 nitrogen and oxygen atoms in total. The van der Waals surface area contributed by atoms with Crippen molar-refractivity contribution in [3.8, 4) is 10.4 Å². The topological polar surface area (TPSA) is 90.0 Å². The van der Waals surface area contributed by atoms with Gasteiger partial charge < -0.3 is 9.84 Å². The van der Waals surface area contributed by atoms with Crippen LogP contribution in [-0.4, -0.2) is 26.4 Å². The van der Waals surface area contributed by atoms with Gasteiger partial charge in [-0.15, -0.1) is 29.3 Å². The molecule has 0 saturated heterocycles. The molecule has 0 saturated carbocycles. The number of fused-ring (bicyclic) bond motifs is 1. The van der Waals surface area contributed by atoms with E-state index in [0.717, 1.165) is 10.4 Å². The van der Waals surface area contributed by atoms with Crippen LogP contribution in [-0.2, 0) is 11.3 Å². The highest BCUT2D eigenvalue weighted by Gasteiger charge is 2.18. The first-order chi connectivity index (χ1) is 14.6. The molecule has 4 rings (SSSR count). The summed E-state index contributed by atoms with van der Waals surface area (Å²) in [6.07, 6.45) is 1.93. The highest BCUT2D eigenvalue weighted by atomic mass is 32.2. The Balaban J connectivity index is 1.54. The zero-order valence-electron chi connectivity index (χ0n) is 16.1. The lowest BCUT2D eigenvalue weighted by Crippen LogP contribution is -2.22. The van der Waals surface area contributed by atoms with Gasteiger partial charge in [-0.1, -0.05) is 29.1 Å².